The molecule has 82 valence electrons. The van der Waals surface area contributed by atoms with Crippen LogP contribution in [0.1, 0.15) is 18.4 Å². The lowest BCUT2D eigenvalue weighted by molar-refractivity contribution is 0.413. The molecule has 0 bridgehead atoms. The molecule has 1 fully saturated rings. The van der Waals surface area contributed by atoms with E-state index in [2.05, 4.69) is 0 Å². The zero-order valence-electron chi connectivity index (χ0n) is 7.86. The number of nitrogens with two attached hydrogens (primary N) is 1. The van der Waals surface area contributed by atoms with Crippen molar-refractivity contribution in [2.75, 3.05) is 0 Å². The first-order valence-electron chi connectivity index (χ1n) is 4.57. The number of benzene rings is 1. The van der Waals surface area contributed by atoms with E-state index in [-0.39, 0.29) is 17.0 Å². The number of hydrogen-bond donors (Lipinski definition) is 2. The van der Waals surface area contributed by atoms with Crippen molar-refractivity contribution in [2.24, 2.45) is 5.73 Å². The number of halogens is 3. The second-order valence-corrected chi connectivity index (χ2v) is 4.43. The molecule has 1 aliphatic rings. The average Bonchev–Trinajstić information content (AvgIpc) is 2.89. The summed E-state index contributed by atoms with van der Waals surface area (Å²) in [5.74, 6) is -2.39. The Balaban J connectivity index is 2.44. The Morgan fingerprint density at radius 1 is 1.47 bits per heavy atom. The third-order valence-corrected chi connectivity index (χ3v) is 2.94. The standard InChI is InChI=1S/C10H10ClF2NO/c11-6-3-7(12)9(15)5(8(6)13)4-10(14)1-2-10/h3,15H,1-2,4,14H2. The van der Waals surface area contributed by atoms with Crippen LogP contribution >= 0.6 is 11.6 Å². The van der Waals surface area contributed by atoms with Gasteiger partial charge in [-0.1, -0.05) is 11.6 Å². The molecule has 1 saturated carbocycles. The van der Waals surface area contributed by atoms with Gasteiger partial charge in [0.05, 0.1) is 5.02 Å². The molecule has 2 rings (SSSR count). The van der Waals surface area contributed by atoms with E-state index in [0.717, 1.165) is 18.9 Å². The highest BCUT2D eigenvalue weighted by Gasteiger charge is 2.40. The average molecular weight is 234 g/mol. The van der Waals surface area contributed by atoms with Gasteiger partial charge in [0.15, 0.2) is 11.6 Å². The van der Waals surface area contributed by atoms with Gasteiger partial charge in [0.1, 0.15) is 5.82 Å². The van der Waals surface area contributed by atoms with E-state index in [4.69, 9.17) is 17.3 Å². The van der Waals surface area contributed by atoms with E-state index in [9.17, 15) is 13.9 Å². The van der Waals surface area contributed by atoms with Crippen molar-refractivity contribution in [1.29, 1.82) is 0 Å². The minimum Gasteiger partial charge on any atom is -0.505 e. The lowest BCUT2D eigenvalue weighted by Gasteiger charge is -2.12. The van der Waals surface area contributed by atoms with Crippen LogP contribution in [0.15, 0.2) is 6.07 Å². The Kier molecular flexibility index (Phi) is 2.35. The Hall–Kier alpha value is -0.870. The van der Waals surface area contributed by atoms with E-state index < -0.39 is 22.9 Å². The maximum atomic E-state index is 13.5. The predicted octanol–water partition coefficient (Wildman–Crippen LogP) is 2.36. The zero-order chi connectivity index (χ0) is 11.2. The maximum absolute atomic E-state index is 13.5. The van der Waals surface area contributed by atoms with Crippen LogP contribution in [0.4, 0.5) is 8.78 Å². The fraction of sp³-hybridized carbons (Fsp3) is 0.400. The first-order valence-corrected chi connectivity index (χ1v) is 4.95. The van der Waals surface area contributed by atoms with E-state index in [0.29, 0.717) is 0 Å². The summed E-state index contributed by atoms with van der Waals surface area (Å²) in [5.41, 5.74) is 5.14. The van der Waals surface area contributed by atoms with Gasteiger partial charge < -0.3 is 10.8 Å². The van der Waals surface area contributed by atoms with Crippen LogP contribution in [0, 0.1) is 11.6 Å². The normalized spacial score (nSPS) is 17.9. The van der Waals surface area contributed by atoms with Crippen molar-refractivity contribution in [1.82, 2.24) is 0 Å². The molecule has 0 unspecified atom stereocenters. The molecule has 1 aromatic rings. The number of phenols is 1. The minimum atomic E-state index is -0.916. The minimum absolute atomic E-state index is 0.113. The van der Waals surface area contributed by atoms with E-state index in [1.54, 1.807) is 0 Å². The summed E-state index contributed by atoms with van der Waals surface area (Å²) in [6.45, 7) is 0. The highest BCUT2D eigenvalue weighted by Crippen LogP contribution is 2.40. The number of hydrogen-bond acceptors (Lipinski definition) is 2. The van der Waals surface area contributed by atoms with Gasteiger partial charge in [0.2, 0.25) is 0 Å². The van der Waals surface area contributed by atoms with Crippen molar-refractivity contribution in [3.05, 3.63) is 28.3 Å². The number of phenolic OH excluding ortho intramolecular Hbond substituents is 1. The molecule has 1 aliphatic carbocycles. The zero-order valence-corrected chi connectivity index (χ0v) is 8.61. The quantitative estimate of drug-likeness (QED) is 0.771. The molecule has 1 aromatic carbocycles. The summed E-state index contributed by atoms with van der Waals surface area (Å²) < 4.78 is 26.6. The molecule has 0 aromatic heterocycles. The fourth-order valence-electron chi connectivity index (χ4n) is 1.49. The number of rotatable bonds is 2. The first-order chi connectivity index (χ1) is 6.93. The third kappa shape index (κ3) is 1.92. The van der Waals surface area contributed by atoms with Gasteiger partial charge in [-0.05, 0) is 25.3 Å². The summed E-state index contributed by atoms with van der Waals surface area (Å²) in [6, 6.07) is 0.756. The molecule has 2 nitrogen and oxygen atoms in total. The van der Waals surface area contributed by atoms with Crippen molar-refractivity contribution in [3.8, 4) is 5.75 Å². The summed E-state index contributed by atoms with van der Waals surface area (Å²) in [6.07, 6.45) is 1.61. The molecule has 3 N–H and O–H groups in total. The second kappa shape index (κ2) is 3.32. The summed E-state index contributed by atoms with van der Waals surface area (Å²) in [4.78, 5) is 0. The van der Waals surface area contributed by atoms with Crippen LogP contribution in [0.5, 0.6) is 5.75 Å². The van der Waals surface area contributed by atoms with Gasteiger partial charge in [0, 0.05) is 11.1 Å². The van der Waals surface area contributed by atoms with E-state index >= 15 is 0 Å². The smallest absolute Gasteiger partial charge is 0.166 e. The van der Waals surface area contributed by atoms with Gasteiger partial charge in [-0.2, -0.15) is 0 Å². The maximum Gasteiger partial charge on any atom is 0.166 e. The Bertz CT molecular complexity index is 392. The molecule has 0 amide bonds. The molecular weight excluding hydrogens is 224 g/mol. The number of aromatic hydroxyl groups is 1. The third-order valence-electron chi connectivity index (χ3n) is 2.66. The largest absolute Gasteiger partial charge is 0.505 e. The summed E-state index contributed by atoms with van der Waals surface area (Å²) >= 11 is 5.47. The van der Waals surface area contributed by atoms with Crippen molar-refractivity contribution in [2.45, 2.75) is 24.8 Å². The van der Waals surface area contributed by atoms with Gasteiger partial charge in [-0.15, -0.1) is 0 Å². The van der Waals surface area contributed by atoms with E-state index in [1.165, 1.54) is 0 Å². The van der Waals surface area contributed by atoms with Crippen LogP contribution in [-0.4, -0.2) is 10.6 Å². The first kappa shape index (κ1) is 10.6. The summed E-state index contributed by atoms with van der Waals surface area (Å²) in [7, 11) is 0. The molecule has 5 heteroatoms. The molecule has 0 aliphatic heterocycles. The molecule has 0 radical (unpaired) electrons. The van der Waals surface area contributed by atoms with Crippen LogP contribution in [0.2, 0.25) is 5.02 Å². The second-order valence-electron chi connectivity index (χ2n) is 4.02. The van der Waals surface area contributed by atoms with Crippen LogP contribution < -0.4 is 5.73 Å². The lowest BCUT2D eigenvalue weighted by Crippen LogP contribution is -2.25. The summed E-state index contributed by atoms with van der Waals surface area (Å²) in [5, 5.41) is 9.04. The van der Waals surface area contributed by atoms with Crippen LogP contribution in [0.3, 0.4) is 0 Å². The monoisotopic (exact) mass is 233 g/mol. The fourth-order valence-corrected chi connectivity index (χ4v) is 1.70. The molecule has 0 heterocycles. The lowest BCUT2D eigenvalue weighted by atomic mass is 10.0. The van der Waals surface area contributed by atoms with Crippen molar-refractivity contribution >= 4 is 11.6 Å². The van der Waals surface area contributed by atoms with Crippen LogP contribution in [-0.2, 0) is 6.42 Å². The van der Waals surface area contributed by atoms with Gasteiger partial charge >= 0.3 is 0 Å². The molecule has 0 spiro atoms. The molecular formula is C10H10ClF2NO. The predicted molar refractivity (Wildman–Crippen MR) is 52.9 cm³/mol. The Morgan fingerprint density at radius 2 is 2.07 bits per heavy atom. The van der Waals surface area contributed by atoms with Crippen LogP contribution in [0.25, 0.3) is 0 Å². The topological polar surface area (TPSA) is 46.2 Å². The van der Waals surface area contributed by atoms with Gasteiger partial charge in [-0.25, -0.2) is 8.78 Å². The Morgan fingerprint density at radius 3 is 2.60 bits per heavy atom. The molecule has 0 saturated heterocycles. The highest BCUT2D eigenvalue weighted by atomic mass is 35.5. The van der Waals surface area contributed by atoms with Crippen molar-refractivity contribution < 1.29 is 13.9 Å². The van der Waals surface area contributed by atoms with E-state index in [1.807, 2.05) is 0 Å². The van der Waals surface area contributed by atoms with Gasteiger partial charge in [-0.3, -0.25) is 0 Å². The SMILES string of the molecule is NC1(Cc2c(O)c(F)cc(Cl)c2F)CC1. The van der Waals surface area contributed by atoms with Crippen molar-refractivity contribution in [3.63, 3.8) is 0 Å². The highest BCUT2D eigenvalue weighted by molar-refractivity contribution is 6.30. The molecule has 15 heavy (non-hydrogen) atoms. The Labute approximate surface area is 90.7 Å². The van der Waals surface area contributed by atoms with Gasteiger partial charge in [0.25, 0.3) is 0 Å². The molecule has 0 atom stereocenters.